The van der Waals surface area contributed by atoms with E-state index in [-0.39, 0.29) is 11.8 Å². The summed E-state index contributed by atoms with van der Waals surface area (Å²) < 4.78 is 8.10. The van der Waals surface area contributed by atoms with Gasteiger partial charge < -0.3 is 14.2 Å². The fraction of sp³-hybridized carbons (Fsp3) is 0. The maximum atomic E-state index is 8.55. The van der Waals surface area contributed by atoms with E-state index in [9.17, 15) is 0 Å². The number of hydrogen-bond acceptors (Lipinski definition) is 3. The molecule has 0 atom stereocenters. The molecule has 0 aliphatic heterocycles. The Kier molecular flexibility index (Phi) is 8.06. The van der Waals surface area contributed by atoms with Gasteiger partial charge in [-0.3, -0.25) is 5.41 Å². The van der Waals surface area contributed by atoms with E-state index < -0.39 is 0 Å². The molecule has 0 saturated carbocycles. The second-order valence-corrected chi connectivity index (χ2v) is 13.0. The number of nitrogens with one attached hydrogen (secondary N) is 1. The Bertz CT molecular complexity index is 2760. The zero-order valence-corrected chi connectivity index (χ0v) is 28.9. The van der Waals surface area contributed by atoms with Gasteiger partial charge >= 0.3 is 5.90 Å². The van der Waals surface area contributed by atoms with Crippen LogP contribution in [0.3, 0.4) is 0 Å². The summed E-state index contributed by atoms with van der Waals surface area (Å²) in [5.41, 5.74) is 10.2. The third kappa shape index (κ3) is 5.90. The minimum Gasteiger partial charge on any atom is -0.386 e. The predicted molar refractivity (Wildman–Crippen MR) is 219 cm³/mol. The van der Waals surface area contributed by atoms with E-state index in [0.717, 1.165) is 33.8 Å². The molecule has 8 aromatic carbocycles. The Hall–Kier alpha value is -7.24. The monoisotopic (exact) mass is 683 g/mol. The number of benzene rings is 8. The Morgan fingerprint density at radius 2 is 1.04 bits per heavy atom. The highest BCUT2D eigenvalue weighted by atomic mass is 16.5. The first-order valence-electron chi connectivity index (χ1n) is 17.6. The van der Waals surface area contributed by atoms with Gasteiger partial charge in [0.05, 0.1) is 22.3 Å². The quantitative estimate of drug-likeness (QED) is 0.130. The van der Waals surface area contributed by atoms with Crippen molar-refractivity contribution in [2.24, 2.45) is 0 Å². The molecule has 3 N–H and O–H groups in total. The van der Waals surface area contributed by atoms with Crippen molar-refractivity contribution in [3.05, 3.63) is 205 Å². The number of para-hydroxylation sites is 2. The van der Waals surface area contributed by atoms with Crippen LogP contribution in [0.5, 0.6) is 0 Å². The first kappa shape index (κ1) is 31.7. The van der Waals surface area contributed by atoms with Gasteiger partial charge in [-0.05, 0) is 101 Å². The molecular weight excluding hydrogens is 649 g/mol. The average molecular weight is 684 g/mol. The summed E-state index contributed by atoms with van der Waals surface area (Å²) in [6, 6.07) is 66.8. The van der Waals surface area contributed by atoms with Crippen molar-refractivity contribution in [3.63, 3.8) is 0 Å². The third-order valence-electron chi connectivity index (χ3n) is 9.81. The van der Waals surface area contributed by atoms with Gasteiger partial charge in [0.15, 0.2) is 0 Å². The Morgan fingerprint density at radius 3 is 1.79 bits per heavy atom. The number of ether oxygens (including phenoxy) is 1. The summed E-state index contributed by atoms with van der Waals surface area (Å²) in [4.78, 5) is 2.21. The standard InChI is InChI=1S/C48H34N4O/c49-47(35-13-3-1-4-14-35)53-48(50)36-24-29-40(30-25-36)51(38-16-5-2-6-17-38)39-27-22-33(23-28-39)37-26-31-46-43(32-37)42-19-9-10-20-45(42)52(46)44-21-11-15-34-12-7-8-18-41(34)44/h1-32,49-50H/p+1. The first-order valence-corrected chi connectivity index (χ1v) is 17.6. The summed E-state index contributed by atoms with van der Waals surface area (Å²) in [5, 5.41) is 19.6. The van der Waals surface area contributed by atoms with Gasteiger partial charge in [0.1, 0.15) is 0 Å². The van der Waals surface area contributed by atoms with Gasteiger partial charge in [-0.1, -0.05) is 109 Å². The highest BCUT2D eigenvalue weighted by Crippen LogP contribution is 2.39. The molecule has 252 valence electrons. The van der Waals surface area contributed by atoms with Gasteiger partial charge in [0.25, 0.3) is 0 Å². The maximum Gasteiger partial charge on any atom is 0.373 e. The van der Waals surface area contributed by atoms with Crippen LogP contribution in [-0.2, 0) is 4.74 Å². The molecule has 0 fully saturated rings. The molecule has 0 aliphatic rings. The lowest BCUT2D eigenvalue weighted by molar-refractivity contribution is -0.130. The van der Waals surface area contributed by atoms with Gasteiger partial charge in [0.2, 0.25) is 5.90 Å². The number of hydrogen-bond donors (Lipinski definition) is 2. The van der Waals surface area contributed by atoms with Gasteiger partial charge in [-0.2, -0.15) is 0 Å². The fourth-order valence-corrected chi connectivity index (χ4v) is 7.23. The molecule has 0 aliphatic carbocycles. The van der Waals surface area contributed by atoms with Crippen molar-refractivity contribution in [1.29, 1.82) is 5.41 Å². The molecule has 9 rings (SSSR count). The van der Waals surface area contributed by atoms with Crippen LogP contribution in [0.15, 0.2) is 194 Å². The number of nitrogens with two attached hydrogens (primary N) is 1. The zero-order chi connectivity index (χ0) is 35.7. The number of anilines is 3. The van der Waals surface area contributed by atoms with E-state index in [4.69, 9.17) is 15.6 Å². The third-order valence-corrected chi connectivity index (χ3v) is 9.81. The lowest BCUT2D eigenvalue weighted by atomic mass is 10.0. The van der Waals surface area contributed by atoms with Crippen LogP contribution in [0.4, 0.5) is 17.1 Å². The normalized spacial score (nSPS) is 11.2. The van der Waals surface area contributed by atoms with E-state index >= 15 is 0 Å². The molecule has 0 amide bonds. The maximum absolute atomic E-state index is 8.55. The van der Waals surface area contributed by atoms with E-state index in [2.05, 4.69) is 131 Å². The van der Waals surface area contributed by atoms with Crippen LogP contribution < -0.4 is 10.3 Å². The predicted octanol–water partition coefficient (Wildman–Crippen LogP) is 10.6. The lowest BCUT2D eigenvalue weighted by Crippen LogP contribution is -2.43. The van der Waals surface area contributed by atoms with Crippen LogP contribution in [-0.4, -0.2) is 16.4 Å². The van der Waals surface area contributed by atoms with E-state index in [1.165, 1.54) is 38.3 Å². The smallest absolute Gasteiger partial charge is 0.373 e. The van der Waals surface area contributed by atoms with Crippen LogP contribution in [0.1, 0.15) is 11.1 Å². The highest BCUT2D eigenvalue weighted by molar-refractivity contribution is 6.11. The van der Waals surface area contributed by atoms with Crippen molar-refractivity contribution >= 4 is 61.4 Å². The zero-order valence-electron chi connectivity index (χ0n) is 28.9. The molecule has 1 heterocycles. The Morgan fingerprint density at radius 1 is 0.472 bits per heavy atom. The summed E-state index contributed by atoms with van der Waals surface area (Å²) in [6.07, 6.45) is 0. The molecule has 0 unspecified atom stereocenters. The van der Waals surface area contributed by atoms with Crippen LogP contribution in [0.25, 0.3) is 49.4 Å². The molecule has 0 radical (unpaired) electrons. The molecule has 5 heteroatoms. The van der Waals surface area contributed by atoms with Gasteiger partial charge in [0, 0.05) is 38.8 Å². The lowest BCUT2D eigenvalue weighted by Gasteiger charge is -2.26. The summed E-state index contributed by atoms with van der Waals surface area (Å²) >= 11 is 0. The molecule has 53 heavy (non-hydrogen) atoms. The van der Waals surface area contributed by atoms with E-state index in [1.807, 2.05) is 72.8 Å². The summed E-state index contributed by atoms with van der Waals surface area (Å²) in [5.74, 6) is 0.186. The topological polar surface area (TPSA) is 66.8 Å². The minimum absolute atomic E-state index is 0.00859. The van der Waals surface area contributed by atoms with Gasteiger partial charge in [-0.25, -0.2) is 5.41 Å². The number of nitrogens with zero attached hydrogens (tertiary/aromatic N) is 2. The van der Waals surface area contributed by atoms with Crippen LogP contribution >= 0.6 is 0 Å². The molecule has 0 saturated heterocycles. The number of fused-ring (bicyclic) bond motifs is 4. The van der Waals surface area contributed by atoms with Gasteiger partial charge in [-0.15, -0.1) is 0 Å². The summed E-state index contributed by atoms with van der Waals surface area (Å²) in [6.45, 7) is 0. The van der Waals surface area contributed by atoms with E-state index in [1.54, 1.807) is 0 Å². The Balaban J connectivity index is 1.05. The SMILES string of the molecule is N=C(OC(=[NH2+])c1ccccc1)c1ccc(N(c2ccccc2)c2ccc(-c3ccc4c(c3)c3ccccc3n4-c3cccc4ccccc34)cc2)cc1. The van der Waals surface area contributed by atoms with Crippen molar-refractivity contribution < 1.29 is 10.1 Å². The number of rotatable bonds is 7. The van der Waals surface area contributed by atoms with Crippen LogP contribution in [0.2, 0.25) is 0 Å². The second kappa shape index (κ2) is 13.5. The number of aromatic nitrogens is 1. The van der Waals surface area contributed by atoms with Crippen molar-refractivity contribution in [2.75, 3.05) is 4.90 Å². The van der Waals surface area contributed by atoms with Crippen molar-refractivity contribution in [2.45, 2.75) is 0 Å². The highest BCUT2D eigenvalue weighted by Gasteiger charge is 2.18. The largest absolute Gasteiger partial charge is 0.386 e. The molecule has 0 bridgehead atoms. The van der Waals surface area contributed by atoms with E-state index in [0.29, 0.717) is 5.56 Å². The van der Waals surface area contributed by atoms with Crippen LogP contribution in [0, 0.1) is 5.41 Å². The fourth-order valence-electron chi connectivity index (χ4n) is 7.23. The molecule has 1 aromatic heterocycles. The summed E-state index contributed by atoms with van der Waals surface area (Å²) in [7, 11) is 0. The Labute approximate surface area is 307 Å². The minimum atomic E-state index is -0.00859. The van der Waals surface area contributed by atoms with Crippen molar-refractivity contribution in [3.8, 4) is 16.8 Å². The first-order chi connectivity index (χ1) is 26.1. The molecule has 0 spiro atoms. The molecule has 5 nitrogen and oxygen atoms in total. The molecular formula is C48H35N4O+. The molecule has 9 aromatic rings. The second-order valence-electron chi connectivity index (χ2n) is 13.0. The average Bonchev–Trinajstić information content (AvgIpc) is 3.55. The van der Waals surface area contributed by atoms with Crippen molar-refractivity contribution in [1.82, 2.24) is 4.57 Å².